The molecule has 10 heteroatoms. The predicted octanol–water partition coefficient (Wildman–Crippen LogP) is 5.82. The highest BCUT2D eigenvalue weighted by molar-refractivity contribution is 6.04. The monoisotopic (exact) mass is 477 g/mol. The number of alkyl halides is 3. The minimum Gasteiger partial charge on any atom is -0.273 e. The number of hydrogen-bond donors (Lipinski definition) is 0. The first-order valence-electron chi connectivity index (χ1n) is 10.3. The van der Waals surface area contributed by atoms with Gasteiger partial charge in [0.25, 0.3) is 0 Å². The zero-order valence-corrected chi connectivity index (χ0v) is 17.8. The summed E-state index contributed by atoms with van der Waals surface area (Å²) in [5.74, 6) is -2.91. The van der Waals surface area contributed by atoms with Gasteiger partial charge < -0.3 is 0 Å². The Labute approximate surface area is 196 Å². The van der Waals surface area contributed by atoms with Crippen LogP contribution in [0, 0.1) is 5.82 Å². The van der Waals surface area contributed by atoms with Crippen molar-refractivity contribution in [3.8, 4) is 22.5 Å². The molecule has 5 rings (SSSR count). The van der Waals surface area contributed by atoms with Crippen molar-refractivity contribution >= 4 is 22.9 Å². The maximum Gasteiger partial charge on any atom is 0.472 e. The lowest BCUT2D eigenvalue weighted by Gasteiger charge is -2.24. The number of aromatic nitrogens is 4. The summed E-state index contributed by atoms with van der Waals surface area (Å²) in [6.45, 7) is 0. The summed E-state index contributed by atoms with van der Waals surface area (Å²) in [7, 11) is 0. The molecule has 0 saturated heterocycles. The Balaban J connectivity index is 1.63. The van der Waals surface area contributed by atoms with E-state index in [4.69, 9.17) is 0 Å². The lowest BCUT2D eigenvalue weighted by molar-refractivity contribution is -0.169. The zero-order valence-electron chi connectivity index (χ0n) is 17.8. The van der Waals surface area contributed by atoms with Crippen molar-refractivity contribution in [2.75, 3.05) is 4.90 Å². The number of anilines is 2. The Morgan fingerprint density at radius 3 is 2.26 bits per heavy atom. The summed E-state index contributed by atoms with van der Waals surface area (Å²) >= 11 is 0. The van der Waals surface area contributed by atoms with Crippen molar-refractivity contribution in [1.29, 1.82) is 0 Å². The van der Waals surface area contributed by atoms with Crippen molar-refractivity contribution in [2.45, 2.75) is 6.18 Å². The van der Waals surface area contributed by atoms with Crippen LogP contribution in [0.4, 0.5) is 28.9 Å². The van der Waals surface area contributed by atoms with E-state index in [0.29, 0.717) is 27.5 Å². The number of amides is 1. The molecule has 2 aromatic carbocycles. The van der Waals surface area contributed by atoms with Crippen molar-refractivity contribution < 1.29 is 22.4 Å². The van der Waals surface area contributed by atoms with Crippen LogP contribution in [-0.2, 0) is 4.79 Å². The Hall–Kier alpha value is -4.60. The number of pyridine rings is 1. The zero-order chi connectivity index (χ0) is 24.6. The van der Waals surface area contributed by atoms with Gasteiger partial charge in [0.2, 0.25) is 0 Å². The summed E-state index contributed by atoms with van der Waals surface area (Å²) < 4.78 is 55.8. The van der Waals surface area contributed by atoms with Gasteiger partial charge in [0, 0.05) is 41.5 Å². The second kappa shape index (κ2) is 8.64. The Kier molecular flexibility index (Phi) is 5.48. The number of benzene rings is 2. The van der Waals surface area contributed by atoms with Gasteiger partial charge in [-0.3, -0.25) is 14.7 Å². The van der Waals surface area contributed by atoms with Crippen LogP contribution in [0.5, 0.6) is 0 Å². The molecule has 3 aromatic heterocycles. The molecule has 0 aliphatic carbocycles. The lowest BCUT2D eigenvalue weighted by atomic mass is 10.1. The fourth-order valence-electron chi connectivity index (χ4n) is 3.71. The van der Waals surface area contributed by atoms with Crippen LogP contribution in [0.1, 0.15) is 0 Å². The maximum absolute atomic E-state index is 13.8. The van der Waals surface area contributed by atoms with Crippen molar-refractivity contribution in [3.05, 3.63) is 97.2 Å². The minimum atomic E-state index is -5.17. The third-order valence-corrected chi connectivity index (χ3v) is 5.25. The fraction of sp³-hybridized carbons (Fsp3) is 0.0400. The van der Waals surface area contributed by atoms with Gasteiger partial charge in [0.05, 0.1) is 17.1 Å². The van der Waals surface area contributed by atoms with Gasteiger partial charge in [-0.1, -0.05) is 18.2 Å². The van der Waals surface area contributed by atoms with Crippen LogP contribution in [0.2, 0.25) is 0 Å². The molecule has 0 fully saturated rings. The molecule has 0 atom stereocenters. The number of rotatable bonds is 4. The molecular formula is C25H15F4N5O. The van der Waals surface area contributed by atoms with E-state index in [1.54, 1.807) is 53.4 Å². The standard InChI is InChI=1S/C25H15F4N5O/c26-18-4-2-6-20(14-18)33(24(35)25(27,28)29)19-5-1-3-17(13-19)22-9-12-31-23-15-21(32-34(22)23)16-7-10-30-11-8-16/h1-15H. The van der Waals surface area contributed by atoms with Crippen LogP contribution >= 0.6 is 0 Å². The number of nitrogens with zero attached hydrogens (tertiary/aromatic N) is 5. The highest BCUT2D eigenvalue weighted by Gasteiger charge is 2.44. The van der Waals surface area contributed by atoms with Gasteiger partial charge in [0.1, 0.15) is 5.82 Å². The first kappa shape index (κ1) is 22.2. The molecule has 0 bridgehead atoms. The number of halogens is 4. The van der Waals surface area contributed by atoms with Crippen LogP contribution in [-0.4, -0.2) is 31.7 Å². The number of hydrogen-bond acceptors (Lipinski definition) is 4. The van der Waals surface area contributed by atoms with E-state index in [1.807, 2.05) is 0 Å². The summed E-state index contributed by atoms with van der Waals surface area (Å²) in [4.78, 5) is 21.1. The molecular weight excluding hydrogens is 462 g/mol. The molecule has 0 aliphatic heterocycles. The quantitative estimate of drug-likeness (QED) is 0.306. The average molecular weight is 477 g/mol. The van der Waals surface area contributed by atoms with Crippen LogP contribution in [0.15, 0.2) is 91.4 Å². The first-order chi connectivity index (χ1) is 16.8. The molecule has 35 heavy (non-hydrogen) atoms. The van der Waals surface area contributed by atoms with Gasteiger partial charge in [-0.05, 0) is 48.5 Å². The van der Waals surface area contributed by atoms with E-state index in [-0.39, 0.29) is 11.4 Å². The van der Waals surface area contributed by atoms with Crippen LogP contribution in [0.3, 0.4) is 0 Å². The molecule has 0 aliphatic rings. The SMILES string of the molecule is O=C(N(c1cccc(F)c1)c1cccc(-c2ccnc3cc(-c4ccncc4)nn23)c1)C(F)(F)F. The average Bonchev–Trinajstić information content (AvgIpc) is 3.29. The molecule has 1 amide bonds. The van der Waals surface area contributed by atoms with Gasteiger partial charge in [-0.25, -0.2) is 13.9 Å². The maximum atomic E-state index is 13.8. The molecule has 0 radical (unpaired) electrons. The topological polar surface area (TPSA) is 63.4 Å². The summed E-state index contributed by atoms with van der Waals surface area (Å²) in [5.41, 5.74) is 2.67. The summed E-state index contributed by atoms with van der Waals surface area (Å²) in [6.07, 6.45) is -0.347. The van der Waals surface area contributed by atoms with E-state index in [1.165, 1.54) is 30.3 Å². The Morgan fingerprint density at radius 1 is 0.829 bits per heavy atom. The third-order valence-electron chi connectivity index (χ3n) is 5.25. The fourth-order valence-corrected chi connectivity index (χ4v) is 3.71. The smallest absolute Gasteiger partial charge is 0.273 e. The van der Waals surface area contributed by atoms with E-state index in [9.17, 15) is 22.4 Å². The molecule has 0 unspecified atom stereocenters. The lowest BCUT2D eigenvalue weighted by Crippen LogP contribution is -2.38. The van der Waals surface area contributed by atoms with Crippen LogP contribution < -0.4 is 4.90 Å². The molecule has 0 spiro atoms. The van der Waals surface area contributed by atoms with Crippen LogP contribution in [0.25, 0.3) is 28.2 Å². The van der Waals surface area contributed by atoms with Crippen molar-refractivity contribution in [3.63, 3.8) is 0 Å². The second-order valence-corrected chi connectivity index (χ2v) is 7.53. The molecule has 0 saturated carbocycles. The van der Waals surface area contributed by atoms with Crippen molar-refractivity contribution in [1.82, 2.24) is 19.6 Å². The molecule has 0 N–H and O–H groups in total. The van der Waals surface area contributed by atoms with Crippen molar-refractivity contribution in [2.24, 2.45) is 0 Å². The van der Waals surface area contributed by atoms with E-state index >= 15 is 0 Å². The highest BCUT2D eigenvalue weighted by atomic mass is 19.4. The number of carbonyl (C=O) groups excluding carboxylic acids is 1. The Bertz CT molecular complexity index is 1530. The van der Waals surface area contributed by atoms with E-state index in [0.717, 1.165) is 17.7 Å². The summed E-state index contributed by atoms with van der Waals surface area (Å²) in [6, 6.07) is 17.4. The molecule has 6 nitrogen and oxygen atoms in total. The predicted molar refractivity (Wildman–Crippen MR) is 121 cm³/mol. The normalized spacial score (nSPS) is 11.5. The third kappa shape index (κ3) is 4.33. The second-order valence-electron chi connectivity index (χ2n) is 7.53. The van der Waals surface area contributed by atoms with E-state index in [2.05, 4.69) is 15.1 Å². The van der Waals surface area contributed by atoms with Gasteiger partial charge in [-0.15, -0.1) is 0 Å². The summed E-state index contributed by atoms with van der Waals surface area (Å²) in [5, 5.41) is 4.59. The van der Waals surface area contributed by atoms with Gasteiger partial charge in [0.15, 0.2) is 5.65 Å². The van der Waals surface area contributed by atoms with Gasteiger partial charge >= 0.3 is 12.1 Å². The largest absolute Gasteiger partial charge is 0.472 e. The first-order valence-corrected chi connectivity index (χ1v) is 10.3. The van der Waals surface area contributed by atoms with Gasteiger partial charge in [-0.2, -0.15) is 18.3 Å². The minimum absolute atomic E-state index is 0.0816. The molecule has 3 heterocycles. The number of fused-ring (bicyclic) bond motifs is 1. The number of carbonyl (C=O) groups is 1. The highest BCUT2D eigenvalue weighted by Crippen LogP contribution is 2.34. The van der Waals surface area contributed by atoms with E-state index < -0.39 is 17.9 Å². The molecule has 174 valence electrons. The molecule has 5 aromatic rings. The Morgan fingerprint density at radius 2 is 1.54 bits per heavy atom.